The highest BCUT2D eigenvalue weighted by molar-refractivity contribution is 6.04. The molecule has 1 saturated heterocycles. The van der Waals surface area contributed by atoms with Gasteiger partial charge in [-0.15, -0.1) is 0 Å². The Balaban J connectivity index is 1.55. The van der Waals surface area contributed by atoms with E-state index in [-0.39, 0.29) is 17.9 Å². The molecule has 0 radical (unpaired) electrons. The van der Waals surface area contributed by atoms with Crippen molar-refractivity contribution < 1.29 is 9.59 Å². The highest BCUT2D eigenvalue weighted by Gasteiger charge is 2.22. The van der Waals surface area contributed by atoms with Crippen LogP contribution in [0.15, 0.2) is 54.6 Å². The monoisotopic (exact) mass is 422 g/mol. The van der Waals surface area contributed by atoms with Gasteiger partial charge in [-0.2, -0.15) is 0 Å². The lowest BCUT2D eigenvalue weighted by molar-refractivity contribution is -0.117. The number of hydrogen-bond donors (Lipinski definition) is 3. The number of nitrogens with one attached hydrogen (secondary N) is 3. The molecule has 1 fully saturated rings. The number of likely N-dealkylation sites (tertiary alicyclic amines) is 1. The molecule has 2 aromatic carbocycles. The van der Waals surface area contributed by atoms with E-state index in [4.69, 9.17) is 0 Å². The molecule has 0 spiro atoms. The maximum absolute atomic E-state index is 12.9. The quantitative estimate of drug-likeness (QED) is 0.608. The minimum atomic E-state index is -0.201. The molecule has 1 atom stereocenters. The van der Waals surface area contributed by atoms with Gasteiger partial charge < -0.3 is 16.0 Å². The summed E-state index contributed by atoms with van der Waals surface area (Å²) in [7, 11) is 0. The third-order valence-electron chi connectivity index (χ3n) is 5.62. The number of rotatable bonds is 8. The van der Waals surface area contributed by atoms with Crippen molar-refractivity contribution in [1.82, 2.24) is 15.5 Å². The summed E-state index contributed by atoms with van der Waals surface area (Å²) >= 11 is 0. The van der Waals surface area contributed by atoms with Crippen LogP contribution in [-0.4, -0.2) is 48.4 Å². The van der Waals surface area contributed by atoms with Crippen LogP contribution in [0.25, 0.3) is 0 Å². The summed E-state index contributed by atoms with van der Waals surface area (Å²) in [6.45, 7) is 8.40. The molecule has 2 aromatic rings. The summed E-state index contributed by atoms with van der Waals surface area (Å²) in [5.74, 6) is -0.292. The summed E-state index contributed by atoms with van der Waals surface area (Å²) in [6.07, 6.45) is 2.09. The number of piperidine rings is 1. The second kappa shape index (κ2) is 11.1. The van der Waals surface area contributed by atoms with Crippen molar-refractivity contribution in [1.29, 1.82) is 0 Å². The summed E-state index contributed by atoms with van der Waals surface area (Å²) in [5, 5.41) is 9.53. The first-order valence-corrected chi connectivity index (χ1v) is 11.2. The van der Waals surface area contributed by atoms with Crippen molar-refractivity contribution in [2.75, 3.05) is 25.0 Å². The van der Waals surface area contributed by atoms with Gasteiger partial charge in [-0.05, 0) is 37.5 Å². The third kappa shape index (κ3) is 6.91. The van der Waals surface area contributed by atoms with E-state index in [1.54, 1.807) is 12.1 Å². The van der Waals surface area contributed by atoms with Gasteiger partial charge >= 0.3 is 0 Å². The number of anilines is 1. The molecule has 6 nitrogen and oxygen atoms in total. The number of benzene rings is 2. The molecule has 3 rings (SSSR count). The van der Waals surface area contributed by atoms with E-state index in [1.807, 2.05) is 49.4 Å². The standard InChI is InChI=1S/C25H34N4O2/c1-18(2)26-21-13-15-29(16-14-21)17-24(30)28-23-12-8-7-11-22(23)25(31)27-19(3)20-9-5-4-6-10-20/h4-12,18-19,21,26H,13-17H2,1-3H3,(H,27,31)(H,28,30). The number of carbonyl (C=O) groups is 2. The van der Waals surface area contributed by atoms with Gasteiger partial charge in [-0.1, -0.05) is 56.3 Å². The van der Waals surface area contributed by atoms with Gasteiger partial charge in [0.2, 0.25) is 5.91 Å². The van der Waals surface area contributed by atoms with E-state index >= 15 is 0 Å². The zero-order chi connectivity index (χ0) is 22.2. The maximum Gasteiger partial charge on any atom is 0.253 e. The van der Waals surface area contributed by atoms with E-state index in [0.29, 0.717) is 29.9 Å². The Kier molecular flexibility index (Phi) is 8.20. The average molecular weight is 423 g/mol. The Morgan fingerprint density at radius 3 is 2.29 bits per heavy atom. The predicted molar refractivity (Wildman–Crippen MR) is 125 cm³/mol. The molecule has 0 aliphatic carbocycles. The van der Waals surface area contributed by atoms with Crippen LogP contribution in [0.5, 0.6) is 0 Å². The molecular weight excluding hydrogens is 388 g/mol. The Hall–Kier alpha value is -2.70. The Labute approximate surface area is 185 Å². The Morgan fingerprint density at radius 1 is 0.968 bits per heavy atom. The third-order valence-corrected chi connectivity index (χ3v) is 5.62. The van der Waals surface area contributed by atoms with Crippen LogP contribution < -0.4 is 16.0 Å². The highest BCUT2D eigenvalue weighted by Crippen LogP contribution is 2.18. The first-order valence-electron chi connectivity index (χ1n) is 11.2. The molecule has 2 amide bonds. The Bertz CT molecular complexity index is 861. The summed E-state index contributed by atoms with van der Waals surface area (Å²) in [6, 6.07) is 17.9. The molecule has 1 aliphatic rings. The van der Waals surface area contributed by atoms with Crippen LogP contribution in [0.4, 0.5) is 5.69 Å². The van der Waals surface area contributed by atoms with Crippen LogP contribution >= 0.6 is 0 Å². The van der Waals surface area contributed by atoms with Gasteiger partial charge in [0.15, 0.2) is 0 Å². The van der Waals surface area contributed by atoms with Crippen LogP contribution in [-0.2, 0) is 4.79 Å². The van der Waals surface area contributed by atoms with Gasteiger partial charge in [-0.25, -0.2) is 0 Å². The zero-order valence-electron chi connectivity index (χ0n) is 18.7. The molecule has 6 heteroatoms. The van der Waals surface area contributed by atoms with E-state index in [9.17, 15) is 9.59 Å². The van der Waals surface area contributed by atoms with Crippen LogP contribution in [0.1, 0.15) is 55.6 Å². The van der Waals surface area contributed by atoms with E-state index in [1.165, 1.54) is 0 Å². The minimum Gasteiger partial charge on any atom is -0.345 e. The van der Waals surface area contributed by atoms with Crippen molar-refractivity contribution in [3.63, 3.8) is 0 Å². The first-order chi connectivity index (χ1) is 14.9. The lowest BCUT2D eigenvalue weighted by Crippen LogP contribution is -2.46. The lowest BCUT2D eigenvalue weighted by atomic mass is 10.0. The van der Waals surface area contributed by atoms with Gasteiger partial charge in [-0.3, -0.25) is 14.5 Å². The largest absolute Gasteiger partial charge is 0.345 e. The molecule has 3 N–H and O–H groups in total. The highest BCUT2D eigenvalue weighted by atomic mass is 16.2. The van der Waals surface area contributed by atoms with Crippen molar-refractivity contribution in [3.05, 3.63) is 65.7 Å². The van der Waals surface area contributed by atoms with Gasteiger partial charge in [0.05, 0.1) is 23.8 Å². The molecule has 0 saturated carbocycles. The van der Waals surface area contributed by atoms with E-state index in [0.717, 1.165) is 31.5 Å². The van der Waals surface area contributed by atoms with Gasteiger partial charge in [0, 0.05) is 25.2 Å². The first kappa shape index (κ1) is 23.0. The Morgan fingerprint density at radius 2 is 1.61 bits per heavy atom. The normalized spacial score (nSPS) is 16.1. The van der Waals surface area contributed by atoms with E-state index < -0.39 is 0 Å². The zero-order valence-corrected chi connectivity index (χ0v) is 18.7. The topological polar surface area (TPSA) is 73.5 Å². The fraction of sp³-hybridized carbons (Fsp3) is 0.440. The van der Waals surface area contributed by atoms with Gasteiger partial charge in [0.25, 0.3) is 5.91 Å². The molecular formula is C25H34N4O2. The van der Waals surface area contributed by atoms with Gasteiger partial charge in [0.1, 0.15) is 0 Å². The molecule has 1 aliphatic heterocycles. The SMILES string of the molecule is CC(C)NC1CCN(CC(=O)Nc2ccccc2C(=O)NC(C)c2ccccc2)CC1. The molecule has 166 valence electrons. The number of para-hydroxylation sites is 1. The number of amides is 2. The summed E-state index contributed by atoms with van der Waals surface area (Å²) in [4.78, 5) is 27.7. The van der Waals surface area contributed by atoms with Crippen molar-refractivity contribution >= 4 is 17.5 Å². The van der Waals surface area contributed by atoms with Crippen molar-refractivity contribution in [2.45, 2.75) is 51.7 Å². The summed E-state index contributed by atoms with van der Waals surface area (Å²) in [5.41, 5.74) is 2.05. The smallest absolute Gasteiger partial charge is 0.253 e. The van der Waals surface area contributed by atoms with Crippen LogP contribution in [0, 0.1) is 0 Å². The van der Waals surface area contributed by atoms with Crippen LogP contribution in [0.2, 0.25) is 0 Å². The van der Waals surface area contributed by atoms with Crippen molar-refractivity contribution in [3.8, 4) is 0 Å². The summed E-state index contributed by atoms with van der Waals surface area (Å²) < 4.78 is 0. The number of carbonyl (C=O) groups excluding carboxylic acids is 2. The van der Waals surface area contributed by atoms with E-state index in [2.05, 4.69) is 34.7 Å². The van der Waals surface area contributed by atoms with Crippen LogP contribution in [0.3, 0.4) is 0 Å². The maximum atomic E-state index is 12.9. The average Bonchev–Trinajstić information content (AvgIpc) is 2.75. The lowest BCUT2D eigenvalue weighted by Gasteiger charge is -2.33. The molecule has 0 aromatic heterocycles. The number of nitrogens with zero attached hydrogens (tertiary/aromatic N) is 1. The molecule has 1 heterocycles. The molecule has 0 bridgehead atoms. The minimum absolute atomic E-state index is 0.0911. The second-order valence-corrected chi connectivity index (χ2v) is 8.57. The predicted octanol–water partition coefficient (Wildman–Crippen LogP) is 3.58. The number of hydrogen-bond acceptors (Lipinski definition) is 4. The second-order valence-electron chi connectivity index (χ2n) is 8.57. The fourth-order valence-electron chi connectivity index (χ4n) is 4.01. The molecule has 31 heavy (non-hydrogen) atoms. The van der Waals surface area contributed by atoms with Crippen molar-refractivity contribution in [2.24, 2.45) is 0 Å². The fourth-order valence-corrected chi connectivity index (χ4v) is 4.01. The molecule has 1 unspecified atom stereocenters.